The molecule has 0 spiro atoms. The van der Waals surface area contributed by atoms with Crippen LogP contribution in [0.1, 0.15) is 32.6 Å². The molecule has 0 aromatic rings. The van der Waals surface area contributed by atoms with Crippen molar-refractivity contribution in [1.29, 1.82) is 0 Å². The summed E-state index contributed by atoms with van der Waals surface area (Å²) in [6.07, 6.45) is 4.20. The van der Waals surface area contributed by atoms with Crippen molar-refractivity contribution in [3.8, 4) is 0 Å². The van der Waals surface area contributed by atoms with E-state index in [1.54, 1.807) is 0 Å². The number of nitrogens with one attached hydrogen (secondary N) is 1. The van der Waals surface area contributed by atoms with E-state index in [2.05, 4.69) is 5.32 Å². The Bertz CT molecular complexity index is 217. The van der Waals surface area contributed by atoms with Gasteiger partial charge < -0.3 is 11.1 Å². The van der Waals surface area contributed by atoms with Crippen LogP contribution in [0.3, 0.4) is 0 Å². The predicted octanol–water partition coefficient (Wildman–Crippen LogP) is 0.394. The summed E-state index contributed by atoms with van der Waals surface area (Å²) in [5, 5.41) is 2.92. The molecule has 2 saturated carbocycles. The van der Waals surface area contributed by atoms with Gasteiger partial charge in [-0.2, -0.15) is 0 Å². The van der Waals surface area contributed by atoms with Crippen molar-refractivity contribution in [3.63, 3.8) is 0 Å². The van der Waals surface area contributed by atoms with Gasteiger partial charge in [-0.15, -0.1) is 0 Å². The first-order chi connectivity index (χ1) is 5.54. The monoisotopic (exact) mass is 168 g/mol. The number of hydrogen-bond donors (Lipinski definition) is 2. The van der Waals surface area contributed by atoms with Gasteiger partial charge in [0, 0.05) is 17.5 Å². The summed E-state index contributed by atoms with van der Waals surface area (Å²) in [4.78, 5) is 11.4. The van der Waals surface area contributed by atoms with Crippen LogP contribution in [0.25, 0.3) is 0 Å². The minimum atomic E-state index is -0.0547. The van der Waals surface area contributed by atoms with E-state index in [4.69, 9.17) is 5.73 Å². The van der Waals surface area contributed by atoms with E-state index in [1.807, 2.05) is 6.92 Å². The number of amides is 1. The molecule has 2 rings (SSSR count). The molecule has 0 heterocycles. The standard InChI is InChI=1S/C9H16N2O/c1-8(2-3-8)7(12)11-6-9(10)4-5-9/h2-6,10H2,1H3,(H,11,12). The molecule has 2 aliphatic carbocycles. The van der Waals surface area contributed by atoms with Crippen molar-refractivity contribution in [1.82, 2.24) is 5.32 Å². The van der Waals surface area contributed by atoms with Crippen molar-refractivity contribution in [2.45, 2.75) is 38.1 Å². The lowest BCUT2D eigenvalue weighted by Crippen LogP contribution is -2.41. The highest BCUT2D eigenvalue weighted by Crippen LogP contribution is 2.45. The molecular formula is C9H16N2O. The van der Waals surface area contributed by atoms with Crippen molar-refractivity contribution >= 4 is 5.91 Å². The molecule has 0 radical (unpaired) electrons. The van der Waals surface area contributed by atoms with Crippen LogP contribution in [0.2, 0.25) is 0 Å². The smallest absolute Gasteiger partial charge is 0.226 e. The van der Waals surface area contributed by atoms with E-state index >= 15 is 0 Å². The minimum Gasteiger partial charge on any atom is -0.354 e. The van der Waals surface area contributed by atoms with E-state index in [0.717, 1.165) is 25.7 Å². The lowest BCUT2D eigenvalue weighted by atomic mass is 10.1. The SMILES string of the molecule is CC1(C(=O)NCC2(N)CC2)CC1. The average Bonchev–Trinajstić information content (AvgIpc) is 2.89. The first-order valence-electron chi connectivity index (χ1n) is 4.61. The van der Waals surface area contributed by atoms with E-state index < -0.39 is 0 Å². The van der Waals surface area contributed by atoms with Gasteiger partial charge in [-0.05, 0) is 25.7 Å². The van der Waals surface area contributed by atoms with Crippen LogP contribution in [0, 0.1) is 5.41 Å². The van der Waals surface area contributed by atoms with Crippen molar-refractivity contribution in [2.24, 2.45) is 11.1 Å². The molecule has 1 amide bonds. The summed E-state index contributed by atoms with van der Waals surface area (Å²) in [6.45, 7) is 2.68. The van der Waals surface area contributed by atoms with Crippen LogP contribution >= 0.6 is 0 Å². The zero-order valence-corrected chi connectivity index (χ0v) is 7.52. The lowest BCUT2D eigenvalue weighted by Gasteiger charge is -2.13. The second-order valence-corrected chi connectivity index (χ2v) is 4.61. The summed E-state index contributed by atoms with van der Waals surface area (Å²) in [5.74, 6) is 0.194. The van der Waals surface area contributed by atoms with Gasteiger partial charge in [-0.1, -0.05) is 6.92 Å². The highest BCUT2D eigenvalue weighted by Gasteiger charge is 2.46. The maximum Gasteiger partial charge on any atom is 0.226 e. The summed E-state index contributed by atoms with van der Waals surface area (Å²) < 4.78 is 0. The van der Waals surface area contributed by atoms with Crippen LogP contribution in [0.15, 0.2) is 0 Å². The van der Waals surface area contributed by atoms with E-state index in [1.165, 1.54) is 0 Å². The van der Waals surface area contributed by atoms with Gasteiger partial charge in [0.15, 0.2) is 0 Å². The quantitative estimate of drug-likeness (QED) is 0.640. The molecule has 0 bridgehead atoms. The number of carbonyl (C=O) groups is 1. The molecule has 2 fully saturated rings. The molecule has 0 aromatic heterocycles. The highest BCUT2D eigenvalue weighted by atomic mass is 16.2. The van der Waals surface area contributed by atoms with Crippen molar-refractivity contribution < 1.29 is 4.79 Å². The molecule has 12 heavy (non-hydrogen) atoms. The second-order valence-electron chi connectivity index (χ2n) is 4.61. The average molecular weight is 168 g/mol. The number of hydrogen-bond acceptors (Lipinski definition) is 2. The Kier molecular flexibility index (Phi) is 1.49. The van der Waals surface area contributed by atoms with Crippen LogP contribution < -0.4 is 11.1 Å². The van der Waals surface area contributed by atoms with E-state index in [0.29, 0.717) is 6.54 Å². The molecule has 3 nitrogen and oxygen atoms in total. The first kappa shape index (κ1) is 8.05. The third kappa shape index (κ3) is 1.46. The molecule has 0 atom stereocenters. The Morgan fingerprint density at radius 2 is 2.00 bits per heavy atom. The number of carbonyl (C=O) groups excluding carboxylic acids is 1. The summed E-state index contributed by atoms with van der Waals surface area (Å²) in [5.41, 5.74) is 5.74. The van der Waals surface area contributed by atoms with Crippen LogP contribution in [0.5, 0.6) is 0 Å². The Morgan fingerprint density at radius 3 is 2.42 bits per heavy atom. The van der Waals surface area contributed by atoms with Crippen molar-refractivity contribution in [2.75, 3.05) is 6.54 Å². The molecule has 0 aliphatic heterocycles. The molecule has 2 aliphatic rings. The zero-order valence-electron chi connectivity index (χ0n) is 7.52. The summed E-state index contributed by atoms with van der Waals surface area (Å²) in [6, 6.07) is 0. The number of rotatable bonds is 3. The highest BCUT2D eigenvalue weighted by molar-refractivity contribution is 5.84. The topological polar surface area (TPSA) is 55.1 Å². The minimum absolute atomic E-state index is 0.0503. The molecular weight excluding hydrogens is 152 g/mol. The Hall–Kier alpha value is -0.570. The third-order valence-electron chi connectivity index (χ3n) is 3.04. The normalized spacial score (nSPS) is 27.8. The van der Waals surface area contributed by atoms with Gasteiger partial charge in [0.1, 0.15) is 0 Å². The molecule has 3 heteroatoms. The Labute approximate surface area is 72.7 Å². The summed E-state index contributed by atoms with van der Waals surface area (Å²) >= 11 is 0. The predicted molar refractivity (Wildman–Crippen MR) is 46.5 cm³/mol. The van der Waals surface area contributed by atoms with Gasteiger partial charge in [-0.25, -0.2) is 0 Å². The maximum atomic E-state index is 11.4. The van der Waals surface area contributed by atoms with E-state index in [-0.39, 0.29) is 16.9 Å². The van der Waals surface area contributed by atoms with Gasteiger partial charge in [0.05, 0.1) is 0 Å². The van der Waals surface area contributed by atoms with Crippen LogP contribution in [-0.4, -0.2) is 18.0 Å². The fourth-order valence-electron chi connectivity index (χ4n) is 1.22. The fourth-order valence-corrected chi connectivity index (χ4v) is 1.22. The Morgan fingerprint density at radius 1 is 1.42 bits per heavy atom. The molecule has 0 aromatic carbocycles. The summed E-state index contributed by atoms with van der Waals surface area (Å²) in [7, 11) is 0. The first-order valence-corrected chi connectivity index (χ1v) is 4.61. The zero-order chi connectivity index (χ0) is 8.82. The Balaban J connectivity index is 1.76. The fraction of sp³-hybridized carbons (Fsp3) is 0.889. The van der Waals surface area contributed by atoms with Crippen molar-refractivity contribution in [3.05, 3.63) is 0 Å². The van der Waals surface area contributed by atoms with Gasteiger partial charge in [-0.3, -0.25) is 4.79 Å². The van der Waals surface area contributed by atoms with Gasteiger partial charge in [0.2, 0.25) is 5.91 Å². The second kappa shape index (κ2) is 2.22. The largest absolute Gasteiger partial charge is 0.354 e. The molecule has 3 N–H and O–H groups in total. The van der Waals surface area contributed by atoms with Gasteiger partial charge >= 0.3 is 0 Å². The molecule has 0 saturated heterocycles. The van der Waals surface area contributed by atoms with Crippen LogP contribution in [0.4, 0.5) is 0 Å². The lowest BCUT2D eigenvalue weighted by molar-refractivity contribution is -0.125. The third-order valence-corrected chi connectivity index (χ3v) is 3.04. The molecule has 68 valence electrons. The maximum absolute atomic E-state index is 11.4. The number of nitrogens with two attached hydrogens (primary N) is 1. The molecule has 0 unspecified atom stereocenters. The van der Waals surface area contributed by atoms with E-state index in [9.17, 15) is 4.79 Å². The van der Waals surface area contributed by atoms with Crippen LogP contribution in [-0.2, 0) is 4.79 Å². The van der Waals surface area contributed by atoms with Gasteiger partial charge in [0.25, 0.3) is 0 Å².